The van der Waals surface area contributed by atoms with Gasteiger partial charge in [0.2, 0.25) is 12.2 Å². The number of amidine groups is 1. The highest BCUT2D eigenvalue weighted by atomic mass is 32.1. The van der Waals surface area contributed by atoms with Crippen LogP contribution in [-0.2, 0) is 11.2 Å². The largest absolute Gasteiger partial charge is 0.361 e. The zero-order chi connectivity index (χ0) is 22.8. The number of nitrogens with one attached hydrogen (secondary N) is 3. The van der Waals surface area contributed by atoms with Gasteiger partial charge in [-0.05, 0) is 42.3 Å². The van der Waals surface area contributed by atoms with Crippen molar-refractivity contribution in [1.29, 1.82) is 0 Å². The molecule has 3 aromatic rings. The van der Waals surface area contributed by atoms with Crippen LogP contribution in [0.3, 0.4) is 0 Å². The van der Waals surface area contributed by atoms with Gasteiger partial charge in [0.1, 0.15) is 10.7 Å². The Morgan fingerprint density at radius 3 is 3.00 bits per heavy atom. The van der Waals surface area contributed by atoms with Crippen molar-refractivity contribution in [3.05, 3.63) is 52.3 Å². The summed E-state index contributed by atoms with van der Waals surface area (Å²) in [5.74, 6) is 0.983. The molecule has 4 heterocycles. The molecule has 9 heteroatoms. The average molecular weight is 465 g/mol. The first-order chi connectivity index (χ1) is 16.2. The Balaban J connectivity index is 1.13. The number of nitrogens with zero attached hydrogens (tertiary/aromatic N) is 3. The number of aromatic amines is 1. The number of thiophene rings is 1. The number of amides is 2. The topological polar surface area (TPSA) is 92.8 Å². The monoisotopic (exact) mass is 464 g/mol. The average Bonchev–Trinajstić information content (AvgIpc) is 3.55. The molecule has 2 aliphatic heterocycles. The van der Waals surface area contributed by atoms with E-state index in [-0.39, 0.29) is 18.1 Å². The lowest BCUT2D eigenvalue weighted by Gasteiger charge is -2.39. The van der Waals surface area contributed by atoms with Crippen molar-refractivity contribution in [2.75, 3.05) is 18.0 Å². The first kappa shape index (κ1) is 21.5. The fourth-order valence-corrected chi connectivity index (χ4v) is 5.41. The van der Waals surface area contributed by atoms with Crippen molar-refractivity contribution in [2.45, 2.75) is 45.3 Å². The molecule has 1 atom stereocenters. The Kier molecular flexibility index (Phi) is 6.04. The third kappa shape index (κ3) is 4.08. The Morgan fingerprint density at radius 1 is 1.24 bits per heavy atom. The van der Waals surface area contributed by atoms with E-state index in [0.717, 1.165) is 34.8 Å². The fraction of sp³-hybridized carbons (Fsp3) is 0.375. The Hall–Kier alpha value is -3.33. The molecule has 2 aromatic heterocycles. The summed E-state index contributed by atoms with van der Waals surface area (Å²) in [5, 5.41) is 10.7. The Morgan fingerprint density at radius 2 is 2.12 bits per heavy atom. The Bertz CT molecular complexity index is 1200. The molecule has 0 fully saturated rings. The van der Waals surface area contributed by atoms with E-state index in [1.165, 1.54) is 22.3 Å². The van der Waals surface area contributed by atoms with Gasteiger partial charge in [-0.15, -0.1) is 11.3 Å². The van der Waals surface area contributed by atoms with Crippen LogP contribution in [0.5, 0.6) is 0 Å². The van der Waals surface area contributed by atoms with E-state index in [1.807, 2.05) is 34.7 Å². The molecule has 0 saturated heterocycles. The molecule has 2 aliphatic rings. The van der Waals surface area contributed by atoms with E-state index in [4.69, 9.17) is 0 Å². The number of H-pyrrole nitrogens is 1. The SMILES string of the molecule is CCCN1C(=O)c2sccc2N2C(CCCC(=O)NCCc3c[nH]c4ccccc34)=NNC12. The molecule has 0 bridgehead atoms. The molecule has 0 saturated carbocycles. The second-order valence-corrected chi connectivity index (χ2v) is 9.26. The van der Waals surface area contributed by atoms with Gasteiger partial charge in [0.15, 0.2) is 0 Å². The first-order valence-corrected chi connectivity index (χ1v) is 12.4. The van der Waals surface area contributed by atoms with Crippen molar-refractivity contribution in [3.8, 4) is 0 Å². The predicted molar refractivity (Wildman–Crippen MR) is 131 cm³/mol. The molecule has 1 aromatic carbocycles. The second-order valence-electron chi connectivity index (χ2n) is 8.35. The minimum atomic E-state index is -0.278. The smallest absolute Gasteiger partial charge is 0.269 e. The summed E-state index contributed by atoms with van der Waals surface area (Å²) in [6.07, 6.45) is 5.23. The van der Waals surface area contributed by atoms with Crippen LogP contribution in [-0.4, -0.2) is 46.9 Å². The van der Waals surface area contributed by atoms with Gasteiger partial charge < -0.3 is 10.3 Å². The van der Waals surface area contributed by atoms with Gasteiger partial charge in [-0.2, -0.15) is 5.10 Å². The molecule has 172 valence electrons. The van der Waals surface area contributed by atoms with Crippen LogP contribution in [0.25, 0.3) is 10.9 Å². The molecule has 1 unspecified atom stereocenters. The molecule has 8 nitrogen and oxygen atoms in total. The molecule has 33 heavy (non-hydrogen) atoms. The van der Waals surface area contributed by atoms with Gasteiger partial charge in [-0.1, -0.05) is 25.1 Å². The zero-order valence-electron chi connectivity index (χ0n) is 18.6. The van der Waals surface area contributed by atoms with Crippen molar-refractivity contribution in [2.24, 2.45) is 5.10 Å². The minimum Gasteiger partial charge on any atom is -0.361 e. The van der Waals surface area contributed by atoms with Crippen LogP contribution in [0.15, 0.2) is 47.0 Å². The number of aromatic nitrogens is 1. The summed E-state index contributed by atoms with van der Waals surface area (Å²) in [4.78, 5) is 33.2. The van der Waals surface area contributed by atoms with E-state index < -0.39 is 0 Å². The van der Waals surface area contributed by atoms with E-state index in [1.54, 1.807) is 0 Å². The lowest BCUT2D eigenvalue weighted by atomic mass is 10.1. The maximum atomic E-state index is 12.8. The first-order valence-electron chi connectivity index (χ1n) is 11.5. The summed E-state index contributed by atoms with van der Waals surface area (Å²) >= 11 is 1.47. The molecule has 0 spiro atoms. The van der Waals surface area contributed by atoms with Crippen LogP contribution >= 0.6 is 11.3 Å². The van der Waals surface area contributed by atoms with Crippen LogP contribution in [0.4, 0.5) is 5.69 Å². The number of carbonyl (C=O) groups excluding carboxylic acids is 2. The fourth-order valence-electron chi connectivity index (χ4n) is 4.57. The number of fused-ring (bicyclic) bond motifs is 4. The highest BCUT2D eigenvalue weighted by molar-refractivity contribution is 7.12. The van der Waals surface area contributed by atoms with E-state index in [2.05, 4.69) is 44.8 Å². The summed E-state index contributed by atoms with van der Waals surface area (Å²) in [6.45, 7) is 3.35. The number of rotatable bonds is 9. The number of para-hydroxylation sites is 1. The standard InChI is InChI=1S/C24H28N6O2S/c1-2-13-29-23(32)22-19(11-14-33-22)30-20(27-28-24(29)30)8-5-9-21(31)25-12-10-16-15-26-18-7-4-3-6-17(16)18/h3-4,6-7,11,14-15,24,26,28H,2,5,8-10,12-13H2,1H3,(H,25,31). The van der Waals surface area contributed by atoms with E-state index >= 15 is 0 Å². The summed E-state index contributed by atoms with van der Waals surface area (Å²) in [5.41, 5.74) is 6.37. The summed E-state index contributed by atoms with van der Waals surface area (Å²) in [6, 6.07) is 10.2. The summed E-state index contributed by atoms with van der Waals surface area (Å²) in [7, 11) is 0. The predicted octanol–water partition coefficient (Wildman–Crippen LogP) is 3.63. The Labute approximate surface area is 196 Å². The van der Waals surface area contributed by atoms with Gasteiger partial charge in [0.05, 0.1) is 5.69 Å². The number of hydrogen-bond acceptors (Lipinski definition) is 6. The van der Waals surface area contributed by atoms with Crippen molar-refractivity contribution >= 4 is 45.6 Å². The van der Waals surface area contributed by atoms with Crippen LogP contribution in [0.2, 0.25) is 0 Å². The molecular weight excluding hydrogens is 436 g/mol. The maximum absolute atomic E-state index is 12.8. The van der Waals surface area contributed by atoms with Gasteiger partial charge in [-0.3, -0.25) is 24.8 Å². The van der Waals surface area contributed by atoms with Crippen molar-refractivity contribution in [3.63, 3.8) is 0 Å². The normalized spacial score (nSPS) is 17.1. The van der Waals surface area contributed by atoms with Gasteiger partial charge >= 0.3 is 0 Å². The van der Waals surface area contributed by atoms with E-state index in [0.29, 0.717) is 32.4 Å². The molecule has 5 rings (SSSR count). The third-order valence-corrected chi connectivity index (χ3v) is 7.04. The molecule has 2 amide bonds. The van der Waals surface area contributed by atoms with Gasteiger partial charge in [0.25, 0.3) is 5.91 Å². The number of benzene rings is 1. The minimum absolute atomic E-state index is 0.0515. The highest BCUT2D eigenvalue weighted by Gasteiger charge is 2.42. The van der Waals surface area contributed by atoms with Crippen molar-refractivity contribution in [1.82, 2.24) is 20.6 Å². The number of hydrogen-bond donors (Lipinski definition) is 3. The quantitative estimate of drug-likeness (QED) is 0.451. The maximum Gasteiger partial charge on any atom is 0.269 e. The van der Waals surface area contributed by atoms with Crippen LogP contribution in [0, 0.1) is 0 Å². The highest BCUT2D eigenvalue weighted by Crippen LogP contribution is 2.36. The van der Waals surface area contributed by atoms with Gasteiger partial charge in [-0.25, -0.2) is 0 Å². The zero-order valence-corrected chi connectivity index (χ0v) is 19.5. The molecule has 0 radical (unpaired) electrons. The lowest BCUT2D eigenvalue weighted by Crippen LogP contribution is -2.58. The van der Waals surface area contributed by atoms with Crippen LogP contribution in [0.1, 0.15) is 47.8 Å². The number of hydrazone groups is 1. The van der Waals surface area contributed by atoms with Crippen LogP contribution < -0.4 is 15.6 Å². The second kappa shape index (κ2) is 9.27. The van der Waals surface area contributed by atoms with Crippen molar-refractivity contribution < 1.29 is 9.59 Å². The number of anilines is 1. The third-order valence-electron chi connectivity index (χ3n) is 6.15. The summed E-state index contributed by atoms with van der Waals surface area (Å²) < 4.78 is 0. The lowest BCUT2D eigenvalue weighted by molar-refractivity contribution is -0.121. The van der Waals surface area contributed by atoms with E-state index in [9.17, 15) is 9.59 Å². The molecule has 3 N–H and O–H groups in total. The van der Waals surface area contributed by atoms with Gasteiger partial charge in [0, 0.05) is 43.0 Å². The molecular formula is C24H28N6O2S. The molecule has 0 aliphatic carbocycles. The number of carbonyl (C=O) groups is 2.